The molecule has 0 unspecified atom stereocenters. The smallest absolute Gasteiger partial charge is 0.748 e. The summed E-state index contributed by atoms with van der Waals surface area (Å²) in [7, 11) is -4.20. The molecule has 0 aliphatic carbocycles. The standard InChI is InChI=1S/C6H10O4S2.Na/c1-5(2)6(7)11-3-4-12(8,9)10;/h1,3-4H2,2H3,(H,8,9,10);/q;+1/p-1. The third kappa shape index (κ3) is 10.6. The Balaban J connectivity index is 0. The molecule has 0 aliphatic rings. The fourth-order valence-electron chi connectivity index (χ4n) is 0.360. The van der Waals surface area contributed by atoms with Crippen LogP contribution < -0.4 is 29.6 Å². The Morgan fingerprint density at radius 1 is 1.54 bits per heavy atom. The first kappa shape index (κ1) is 16.1. The molecular formula is C6H9NaO4S2. The van der Waals surface area contributed by atoms with E-state index in [0.29, 0.717) is 5.57 Å². The Morgan fingerprint density at radius 2 is 2.00 bits per heavy atom. The molecule has 0 aromatic rings. The Bertz CT molecular complexity index is 283. The first-order valence-electron chi connectivity index (χ1n) is 3.09. The molecule has 0 aliphatic heterocycles. The number of hydrogen-bond acceptors (Lipinski definition) is 5. The number of carbonyl (C=O) groups excluding carboxylic acids is 1. The van der Waals surface area contributed by atoms with Gasteiger partial charge in [0.05, 0.1) is 10.1 Å². The Kier molecular flexibility index (Phi) is 8.71. The predicted octanol–water partition coefficient (Wildman–Crippen LogP) is -2.63. The molecule has 0 N–H and O–H groups in total. The second-order valence-electron chi connectivity index (χ2n) is 2.18. The van der Waals surface area contributed by atoms with Crippen molar-refractivity contribution in [2.24, 2.45) is 0 Å². The van der Waals surface area contributed by atoms with Crippen LogP contribution in [0.25, 0.3) is 0 Å². The molecule has 13 heavy (non-hydrogen) atoms. The summed E-state index contributed by atoms with van der Waals surface area (Å²) in [5, 5.41) is -0.279. The van der Waals surface area contributed by atoms with Crippen molar-refractivity contribution in [3.05, 3.63) is 12.2 Å². The second-order valence-corrected chi connectivity index (χ2v) is 4.77. The van der Waals surface area contributed by atoms with E-state index in [4.69, 9.17) is 0 Å². The van der Waals surface area contributed by atoms with Gasteiger partial charge in [0.2, 0.25) is 5.12 Å². The van der Waals surface area contributed by atoms with Crippen LogP contribution in [0.15, 0.2) is 12.2 Å². The molecule has 0 aromatic carbocycles. The average Bonchev–Trinajstić information content (AvgIpc) is 1.84. The molecule has 0 bridgehead atoms. The van der Waals surface area contributed by atoms with Gasteiger partial charge in [-0.15, -0.1) is 0 Å². The summed E-state index contributed by atoms with van der Waals surface area (Å²) in [6.07, 6.45) is 0. The van der Waals surface area contributed by atoms with E-state index in [1.54, 1.807) is 0 Å². The maximum Gasteiger partial charge on any atom is 1.00 e. The maximum atomic E-state index is 10.8. The van der Waals surface area contributed by atoms with Gasteiger partial charge in [-0.3, -0.25) is 4.79 Å². The average molecular weight is 232 g/mol. The molecule has 0 saturated heterocycles. The molecular weight excluding hydrogens is 223 g/mol. The largest absolute Gasteiger partial charge is 1.00 e. The van der Waals surface area contributed by atoms with Crippen molar-refractivity contribution in [3.8, 4) is 0 Å². The third-order valence-corrected chi connectivity index (χ3v) is 2.90. The molecule has 0 saturated carbocycles. The first-order chi connectivity index (χ1) is 5.33. The van der Waals surface area contributed by atoms with Crippen molar-refractivity contribution in [1.29, 1.82) is 0 Å². The van der Waals surface area contributed by atoms with Gasteiger partial charge in [-0.2, -0.15) is 0 Å². The molecule has 7 heteroatoms. The number of rotatable bonds is 4. The molecule has 0 heterocycles. The molecule has 0 spiro atoms. The first-order valence-corrected chi connectivity index (χ1v) is 5.65. The zero-order valence-corrected chi connectivity index (χ0v) is 11.2. The maximum absolute atomic E-state index is 10.8. The Morgan fingerprint density at radius 3 is 2.31 bits per heavy atom. The summed E-state index contributed by atoms with van der Waals surface area (Å²) in [5.41, 5.74) is 0.350. The van der Waals surface area contributed by atoms with E-state index in [2.05, 4.69) is 6.58 Å². The van der Waals surface area contributed by atoms with Crippen LogP contribution >= 0.6 is 11.8 Å². The number of thioether (sulfide) groups is 1. The van der Waals surface area contributed by atoms with Gasteiger partial charge in [0, 0.05) is 11.5 Å². The minimum absolute atomic E-state index is 0. The summed E-state index contributed by atoms with van der Waals surface area (Å²) >= 11 is 0.794. The van der Waals surface area contributed by atoms with Gasteiger partial charge >= 0.3 is 29.6 Å². The summed E-state index contributed by atoms with van der Waals surface area (Å²) < 4.78 is 30.2. The Labute approximate surface area is 104 Å². The van der Waals surface area contributed by atoms with Crippen molar-refractivity contribution in [2.75, 3.05) is 11.5 Å². The van der Waals surface area contributed by atoms with E-state index in [0.717, 1.165) is 11.8 Å². The van der Waals surface area contributed by atoms with E-state index in [9.17, 15) is 17.8 Å². The molecule has 0 amide bonds. The zero-order valence-electron chi connectivity index (χ0n) is 7.57. The van der Waals surface area contributed by atoms with Crippen LogP contribution in [0.1, 0.15) is 6.92 Å². The predicted molar refractivity (Wildman–Crippen MR) is 46.8 cm³/mol. The van der Waals surface area contributed by atoms with Gasteiger partial charge in [0.25, 0.3) is 0 Å². The minimum Gasteiger partial charge on any atom is -0.748 e. The topological polar surface area (TPSA) is 74.3 Å². The zero-order chi connectivity index (χ0) is 9.78. The van der Waals surface area contributed by atoms with E-state index in [1.165, 1.54) is 6.92 Å². The van der Waals surface area contributed by atoms with E-state index >= 15 is 0 Å². The van der Waals surface area contributed by atoms with Gasteiger partial charge in [-0.1, -0.05) is 18.3 Å². The van der Waals surface area contributed by atoms with Gasteiger partial charge in [-0.25, -0.2) is 8.42 Å². The van der Waals surface area contributed by atoms with Crippen LogP contribution in [0, 0.1) is 0 Å². The van der Waals surface area contributed by atoms with Gasteiger partial charge in [0.15, 0.2) is 0 Å². The molecule has 4 nitrogen and oxygen atoms in total. The molecule has 0 rings (SSSR count). The minimum atomic E-state index is -4.20. The van der Waals surface area contributed by atoms with Crippen molar-refractivity contribution in [3.63, 3.8) is 0 Å². The SMILES string of the molecule is C=C(C)C(=O)SCCS(=O)(=O)[O-].[Na+]. The van der Waals surface area contributed by atoms with Crippen molar-refractivity contribution in [1.82, 2.24) is 0 Å². The number of carbonyl (C=O) groups is 1. The van der Waals surface area contributed by atoms with Crippen molar-refractivity contribution < 1.29 is 47.3 Å². The quantitative estimate of drug-likeness (QED) is 0.301. The fourth-order valence-corrected chi connectivity index (χ4v) is 1.94. The van der Waals surface area contributed by atoms with Crippen LogP contribution in [0.4, 0.5) is 0 Å². The summed E-state index contributed by atoms with van der Waals surface area (Å²) in [4.78, 5) is 10.8. The van der Waals surface area contributed by atoms with Crippen LogP contribution in [0.5, 0.6) is 0 Å². The third-order valence-electron chi connectivity index (χ3n) is 0.915. The Hall–Kier alpha value is 0.670. The van der Waals surface area contributed by atoms with Gasteiger partial charge < -0.3 is 4.55 Å². The van der Waals surface area contributed by atoms with E-state index < -0.39 is 15.9 Å². The number of hydrogen-bond donors (Lipinski definition) is 0. The summed E-state index contributed by atoms with van der Waals surface area (Å²) in [6.45, 7) is 4.90. The monoisotopic (exact) mass is 232 g/mol. The molecule has 70 valence electrons. The van der Waals surface area contributed by atoms with Gasteiger partial charge in [-0.05, 0) is 12.5 Å². The van der Waals surface area contributed by atoms with Gasteiger partial charge in [0.1, 0.15) is 0 Å². The molecule has 0 aromatic heterocycles. The molecule has 0 radical (unpaired) electrons. The van der Waals surface area contributed by atoms with Crippen LogP contribution in [0.3, 0.4) is 0 Å². The van der Waals surface area contributed by atoms with Crippen LogP contribution in [-0.4, -0.2) is 29.6 Å². The molecule has 0 atom stereocenters. The van der Waals surface area contributed by atoms with E-state index in [1.807, 2.05) is 0 Å². The molecule has 0 fully saturated rings. The second kappa shape index (κ2) is 7.03. The normalized spacial score (nSPS) is 10.3. The van der Waals surface area contributed by atoms with Crippen molar-refractivity contribution >= 4 is 27.0 Å². The summed E-state index contributed by atoms with van der Waals surface area (Å²) in [5.74, 6) is -0.520. The van der Waals surface area contributed by atoms with Crippen molar-refractivity contribution in [2.45, 2.75) is 6.92 Å². The fraction of sp³-hybridized carbons (Fsp3) is 0.500. The summed E-state index contributed by atoms with van der Waals surface area (Å²) in [6, 6.07) is 0. The van der Waals surface area contributed by atoms with Crippen LogP contribution in [0.2, 0.25) is 0 Å². The van der Waals surface area contributed by atoms with Crippen LogP contribution in [-0.2, 0) is 14.9 Å². The van der Waals surface area contributed by atoms with E-state index in [-0.39, 0.29) is 40.4 Å².